The Morgan fingerprint density at radius 1 is 1.29 bits per heavy atom. The summed E-state index contributed by atoms with van der Waals surface area (Å²) in [7, 11) is 0. The number of ether oxygens (including phenoxy) is 1. The van der Waals surface area contributed by atoms with Crippen LogP contribution in [0.1, 0.15) is 46.5 Å². The molecule has 0 aromatic rings. The van der Waals surface area contributed by atoms with Crippen LogP contribution in [0.4, 0.5) is 0 Å². The number of nitrogens with zero attached hydrogens (tertiary/aromatic N) is 1. The first kappa shape index (κ1) is 14.5. The third kappa shape index (κ3) is 6.06. The van der Waals surface area contributed by atoms with Crippen LogP contribution in [0.15, 0.2) is 0 Å². The maximum absolute atomic E-state index is 11.2. The van der Waals surface area contributed by atoms with Gasteiger partial charge >= 0.3 is 0 Å². The number of likely N-dealkylation sites (tertiary alicyclic amines) is 1. The molecule has 0 spiro atoms. The molecule has 0 unspecified atom stereocenters. The Hall–Kier alpha value is -0.570. The summed E-state index contributed by atoms with van der Waals surface area (Å²) in [5.74, 6) is 1.70. The van der Waals surface area contributed by atoms with Gasteiger partial charge in [0, 0.05) is 33.2 Å². The van der Waals surface area contributed by atoms with E-state index in [0.717, 1.165) is 63.8 Å². The lowest BCUT2D eigenvalue weighted by atomic mass is 9.94. The fraction of sp³-hybridized carbons (Fsp3) is 0.929. The Kier molecular flexibility index (Phi) is 6.56. The summed E-state index contributed by atoms with van der Waals surface area (Å²) in [6.45, 7) is 9.76. The van der Waals surface area contributed by atoms with E-state index >= 15 is 0 Å². The van der Waals surface area contributed by atoms with Gasteiger partial charge in [0.05, 0.1) is 0 Å². The van der Waals surface area contributed by atoms with Gasteiger partial charge in [0.25, 0.3) is 0 Å². The van der Waals surface area contributed by atoms with Crippen LogP contribution in [0.3, 0.4) is 0 Å². The standard InChI is InChI=1S/C14H27NO2/c1-12(2)6-10-17-11-7-14-4-8-15(9-5-14)13(3)16/h12,14H,4-11H2,1-3H3. The first-order valence-corrected chi connectivity index (χ1v) is 6.93. The molecule has 0 atom stereocenters. The number of piperidine rings is 1. The van der Waals surface area contributed by atoms with Crippen LogP contribution < -0.4 is 0 Å². The maximum atomic E-state index is 11.2. The second kappa shape index (κ2) is 7.70. The second-order valence-electron chi connectivity index (χ2n) is 5.53. The van der Waals surface area contributed by atoms with Crippen LogP contribution in [-0.2, 0) is 9.53 Å². The molecule has 17 heavy (non-hydrogen) atoms. The highest BCUT2D eigenvalue weighted by molar-refractivity contribution is 5.73. The van der Waals surface area contributed by atoms with Gasteiger partial charge < -0.3 is 9.64 Å². The van der Waals surface area contributed by atoms with Crippen molar-refractivity contribution in [2.45, 2.75) is 46.5 Å². The molecule has 1 aliphatic rings. The maximum Gasteiger partial charge on any atom is 0.219 e. The molecule has 0 radical (unpaired) electrons. The minimum atomic E-state index is 0.219. The van der Waals surface area contributed by atoms with E-state index in [1.807, 2.05) is 4.90 Å². The van der Waals surface area contributed by atoms with Crippen molar-refractivity contribution in [3.05, 3.63) is 0 Å². The summed E-state index contributed by atoms with van der Waals surface area (Å²) in [5.41, 5.74) is 0. The lowest BCUT2D eigenvalue weighted by Gasteiger charge is -2.31. The van der Waals surface area contributed by atoms with Gasteiger partial charge in [0.1, 0.15) is 0 Å². The van der Waals surface area contributed by atoms with Crippen molar-refractivity contribution in [1.82, 2.24) is 4.90 Å². The first-order valence-electron chi connectivity index (χ1n) is 6.93. The Labute approximate surface area is 106 Å². The molecule has 0 bridgehead atoms. The van der Waals surface area contributed by atoms with E-state index in [1.54, 1.807) is 6.92 Å². The van der Waals surface area contributed by atoms with Crippen LogP contribution in [0.2, 0.25) is 0 Å². The van der Waals surface area contributed by atoms with E-state index in [0.29, 0.717) is 0 Å². The third-order valence-corrected chi connectivity index (χ3v) is 3.57. The lowest BCUT2D eigenvalue weighted by Crippen LogP contribution is -2.37. The normalized spacial score (nSPS) is 17.8. The first-order chi connectivity index (χ1) is 8.09. The molecule has 1 amide bonds. The Bertz CT molecular complexity index is 220. The van der Waals surface area contributed by atoms with Gasteiger partial charge in [0.15, 0.2) is 0 Å². The van der Waals surface area contributed by atoms with Crippen molar-refractivity contribution in [3.8, 4) is 0 Å². The smallest absolute Gasteiger partial charge is 0.219 e. The molecule has 1 saturated heterocycles. The van der Waals surface area contributed by atoms with Crippen molar-refractivity contribution in [2.75, 3.05) is 26.3 Å². The average molecular weight is 241 g/mol. The molecule has 3 heteroatoms. The van der Waals surface area contributed by atoms with E-state index in [4.69, 9.17) is 4.74 Å². The zero-order valence-electron chi connectivity index (χ0n) is 11.6. The fourth-order valence-electron chi connectivity index (χ4n) is 2.21. The number of rotatable bonds is 6. The van der Waals surface area contributed by atoms with Crippen molar-refractivity contribution in [3.63, 3.8) is 0 Å². The molecule has 1 heterocycles. The Balaban J connectivity index is 2.01. The number of carbonyl (C=O) groups excluding carboxylic acids is 1. The van der Waals surface area contributed by atoms with Crippen molar-refractivity contribution < 1.29 is 9.53 Å². The largest absolute Gasteiger partial charge is 0.381 e. The summed E-state index contributed by atoms with van der Waals surface area (Å²) in [6.07, 6.45) is 4.60. The zero-order valence-corrected chi connectivity index (χ0v) is 11.6. The predicted molar refractivity (Wildman–Crippen MR) is 69.9 cm³/mol. The molecule has 0 aliphatic carbocycles. The second-order valence-corrected chi connectivity index (χ2v) is 5.53. The Morgan fingerprint density at radius 2 is 1.94 bits per heavy atom. The zero-order chi connectivity index (χ0) is 12.7. The minimum absolute atomic E-state index is 0.219. The molecule has 0 N–H and O–H groups in total. The lowest BCUT2D eigenvalue weighted by molar-refractivity contribution is -0.130. The molecule has 1 fully saturated rings. The van der Waals surface area contributed by atoms with E-state index in [2.05, 4.69) is 13.8 Å². The third-order valence-electron chi connectivity index (χ3n) is 3.57. The molecule has 1 rings (SSSR count). The van der Waals surface area contributed by atoms with Gasteiger partial charge in [-0.25, -0.2) is 0 Å². The number of amides is 1. The number of carbonyl (C=O) groups is 1. The van der Waals surface area contributed by atoms with Crippen molar-refractivity contribution in [1.29, 1.82) is 0 Å². The summed E-state index contributed by atoms with van der Waals surface area (Å²) in [5, 5.41) is 0. The van der Waals surface area contributed by atoms with E-state index in [9.17, 15) is 4.79 Å². The molecule has 1 aliphatic heterocycles. The van der Waals surface area contributed by atoms with E-state index < -0.39 is 0 Å². The van der Waals surface area contributed by atoms with Crippen molar-refractivity contribution in [2.24, 2.45) is 11.8 Å². The van der Waals surface area contributed by atoms with Crippen molar-refractivity contribution >= 4 is 5.91 Å². The molecule has 0 saturated carbocycles. The van der Waals surface area contributed by atoms with Gasteiger partial charge in [-0.3, -0.25) is 4.79 Å². The molecular formula is C14H27NO2. The topological polar surface area (TPSA) is 29.5 Å². The summed E-state index contributed by atoms with van der Waals surface area (Å²) in [6, 6.07) is 0. The van der Waals surface area contributed by atoms with Crippen LogP contribution in [0.5, 0.6) is 0 Å². The molecule has 3 nitrogen and oxygen atoms in total. The quantitative estimate of drug-likeness (QED) is 0.669. The number of hydrogen-bond acceptors (Lipinski definition) is 2. The van der Waals surface area contributed by atoms with E-state index in [-0.39, 0.29) is 5.91 Å². The van der Waals surface area contributed by atoms with Crippen LogP contribution in [0.25, 0.3) is 0 Å². The van der Waals surface area contributed by atoms with Gasteiger partial charge in [-0.05, 0) is 37.5 Å². The van der Waals surface area contributed by atoms with E-state index in [1.165, 1.54) is 0 Å². The average Bonchev–Trinajstić information content (AvgIpc) is 2.29. The SMILES string of the molecule is CC(=O)N1CCC(CCOCCC(C)C)CC1. The molecule has 100 valence electrons. The minimum Gasteiger partial charge on any atom is -0.381 e. The Morgan fingerprint density at radius 3 is 2.47 bits per heavy atom. The summed E-state index contributed by atoms with van der Waals surface area (Å²) in [4.78, 5) is 13.1. The van der Waals surface area contributed by atoms with Gasteiger partial charge in [-0.2, -0.15) is 0 Å². The monoisotopic (exact) mass is 241 g/mol. The molecular weight excluding hydrogens is 214 g/mol. The van der Waals surface area contributed by atoms with Gasteiger partial charge in [-0.15, -0.1) is 0 Å². The number of hydrogen-bond donors (Lipinski definition) is 0. The van der Waals surface area contributed by atoms with Crippen LogP contribution in [-0.4, -0.2) is 37.1 Å². The van der Waals surface area contributed by atoms with Crippen LogP contribution in [0, 0.1) is 11.8 Å². The summed E-state index contributed by atoms with van der Waals surface area (Å²) < 4.78 is 5.64. The summed E-state index contributed by atoms with van der Waals surface area (Å²) >= 11 is 0. The molecule has 0 aromatic carbocycles. The van der Waals surface area contributed by atoms with Crippen LogP contribution >= 0.6 is 0 Å². The highest BCUT2D eigenvalue weighted by atomic mass is 16.5. The van der Waals surface area contributed by atoms with Gasteiger partial charge in [-0.1, -0.05) is 13.8 Å². The fourth-order valence-corrected chi connectivity index (χ4v) is 2.21. The highest BCUT2D eigenvalue weighted by Crippen LogP contribution is 2.20. The molecule has 0 aromatic heterocycles. The predicted octanol–water partition coefficient (Wildman–Crippen LogP) is 2.70. The highest BCUT2D eigenvalue weighted by Gasteiger charge is 2.20. The van der Waals surface area contributed by atoms with Gasteiger partial charge in [0.2, 0.25) is 5.91 Å².